The lowest BCUT2D eigenvalue weighted by Gasteiger charge is -2.17. The summed E-state index contributed by atoms with van der Waals surface area (Å²) in [6, 6.07) is 11.5. The van der Waals surface area contributed by atoms with Crippen molar-refractivity contribution in [3.05, 3.63) is 68.9 Å². The average Bonchev–Trinajstić information content (AvgIpc) is 2.35. The number of rotatable bonds is 3. The van der Waals surface area contributed by atoms with Gasteiger partial charge in [0.05, 0.1) is 11.1 Å². The molecule has 2 aromatic rings. The zero-order valence-electron chi connectivity index (χ0n) is 9.33. The number of benzene rings is 2. The molecule has 0 bridgehead atoms. The first kappa shape index (κ1) is 13.5. The zero-order valence-corrected chi connectivity index (χ0v) is 11.7. The Morgan fingerprint density at radius 3 is 2.50 bits per heavy atom. The molecule has 0 spiro atoms. The molecule has 18 heavy (non-hydrogen) atoms. The van der Waals surface area contributed by atoms with E-state index in [2.05, 4.69) is 21.4 Å². The average molecular weight is 330 g/mol. The topological polar surface area (TPSA) is 38.0 Å². The fourth-order valence-corrected chi connectivity index (χ4v) is 2.20. The number of hydrazine groups is 1. The van der Waals surface area contributed by atoms with Crippen molar-refractivity contribution in [3.8, 4) is 0 Å². The van der Waals surface area contributed by atoms with Crippen molar-refractivity contribution in [3.63, 3.8) is 0 Å². The second-order valence-electron chi connectivity index (χ2n) is 3.83. The number of nitrogens with one attached hydrogen (secondary N) is 1. The number of halogens is 3. The van der Waals surface area contributed by atoms with Crippen LogP contribution in [-0.4, -0.2) is 0 Å². The summed E-state index contributed by atoms with van der Waals surface area (Å²) in [5.74, 6) is 5.25. The molecule has 0 fully saturated rings. The van der Waals surface area contributed by atoms with Gasteiger partial charge in [-0.2, -0.15) is 0 Å². The highest BCUT2D eigenvalue weighted by Gasteiger charge is 2.14. The summed E-state index contributed by atoms with van der Waals surface area (Å²) in [5.41, 5.74) is 4.29. The van der Waals surface area contributed by atoms with Crippen molar-refractivity contribution in [1.29, 1.82) is 0 Å². The van der Waals surface area contributed by atoms with E-state index in [4.69, 9.17) is 17.4 Å². The first-order valence-corrected chi connectivity index (χ1v) is 6.45. The third kappa shape index (κ3) is 2.90. The van der Waals surface area contributed by atoms with Gasteiger partial charge >= 0.3 is 0 Å². The van der Waals surface area contributed by atoms with E-state index >= 15 is 0 Å². The quantitative estimate of drug-likeness (QED) is 0.664. The van der Waals surface area contributed by atoms with E-state index in [9.17, 15) is 4.39 Å². The summed E-state index contributed by atoms with van der Waals surface area (Å²) in [4.78, 5) is 0. The lowest BCUT2D eigenvalue weighted by molar-refractivity contribution is 0.605. The van der Waals surface area contributed by atoms with Crippen molar-refractivity contribution >= 4 is 27.5 Å². The van der Waals surface area contributed by atoms with Gasteiger partial charge in [0, 0.05) is 4.47 Å². The number of hydrogen-bond donors (Lipinski definition) is 2. The van der Waals surface area contributed by atoms with Gasteiger partial charge in [-0.1, -0.05) is 29.8 Å². The fourth-order valence-electron chi connectivity index (χ4n) is 1.76. The van der Waals surface area contributed by atoms with Crippen LogP contribution in [0.3, 0.4) is 0 Å². The lowest BCUT2D eigenvalue weighted by atomic mass is 9.99. The molecule has 1 unspecified atom stereocenters. The Labute approximate surface area is 118 Å². The summed E-state index contributed by atoms with van der Waals surface area (Å²) in [5, 5.41) is 0.587. The van der Waals surface area contributed by atoms with Gasteiger partial charge in [-0.3, -0.25) is 5.84 Å². The number of nitrogens with two attached hydrogens (primary N) is 1. The highest BCUT2D eigenvalue weighted by molar-refractivity contribution is 9.10. The Balaban J connectivity index is 2.42. The molecule has 0 amide bonds. The predicted molar refractivity (Wildman–Crippen MR) is 74.7 cm³/mol. The van der Waals surface area contributed by atoms with Crippen molar-refractivity contribution in [1.82, 2.24) is 5.43 Å². The molecule has 0 aromatic heterocycles. The molecule has 2 aromatic carbocycles. The van der Waals surface area contributed by atoms with Crippen molar-refractivity contribution < 1.29 is 4.39 Å². The molecule has 0 aliphatic rings. The Bertz CT molecular complexity index is 562. The van der Waals surface area contributed by atoms with E-state index in [1.165, 1.54) is 12.1 Å². The largest absolute Gasteiger partial charge is 0.271 e. The Morgan fingerprint density at radius 2 is 1.89 bits per heavy atom. The van der Waals surface area contributed by atoms with Gasteiger partial charge in [0.25, 0.3) is 0 Å². The first-order chi connectivity index (χ1) is 8.61. The van der Waals surface area contributed by atoms with Crippen LogP contribution in [0.5, 0.6) is 0 Å². The normalized spacial score (nSPS) is 12.4. The van der Waals surface area contributed by atoms with Crippen LogP contribution in [-0.2, 0) is 0 Å². The highest BCUT2D eigenvalue weighted by Crippen LogP contribution is 2.28. The maximum absolute atomic E-state index is 13.2. The van der Waals surface area contributed by atoms with Crippen LogP contribution in [0.15, 0.2) is 46.9 Å². The summed E-state index contributed by atoms with van der Waals surface area (Å²) in [7, 11) is 0. The second-order valence-corrected chi connectivity index (χ2v) is 5.09. The molecule has 1 atom stereocenters. The Hall–Kier alpha value is -0.940. The second kappa shape index (κ2) is 5.80. The van der Waals surface area contributed by atoms with E-state index < -0.39 is 0 Å². The smallest absolute Gasteiger partial charge is 0.123 e. The van der Waals surface area contributed by atoms with E-state index in [1.807, 2.05) is 18.2 Å². The predicted octanol–water partition coefficient (Wildman–Crippen LogP) is 3.79. The molecule has 0 aliphatic heterocycles. The van der Waals surface area contributed by atoms with Gasteiger partial charge in [-0.25, -0.2) is 9.82 Å². The summed E-state index contributed by atoms with van der Waals surface area (Å²) in [6.45, 7) is 0. The minimum absolute atomic E-state index is 0.295. The standard InChI is InChI=1S/C13H11BrClFN2/c14-11-5-4-9(7-12(11)15)13(18-17)8-2-1-3-10(16)6-8/h1-7,13,18H,17H2. The van der Waals surface area contributed by atoms with Crippen LogP contribution >= 0.6 is 27.5 Å². The van der Waals surface area contributed by atoms with Gasteiger partial charge in [0.15, 0.2) is 0 Å². The van der Waals surface area contributed by atoms with Crippen LogP contribution in [0.4, 0.5) is 4.39 Å². The van der Waals surface area contributed by atoms with Gasteiger partial charge < -0.3 is 0 Å². The Morgan fingerprint density at radius 1 is 1.17 bits per heavy atom. The van der Waals surface area contributed by atoms with Gasteiger partial charge in [0.1, 0.15) is 5.82 Å². The maximum Gasteiger partial charge on any atom is 0.123 e. The molecule has 2 nitrogen and oxygen atoms in total. The third-order valence-corrected chi connectivity index (χ3v) is 3.86. The minimum atomic E-state index is -0.300. The molecule has 0 saturated carbocycles. The monoisotopic (exact) mass is 328 g/mol. The molecular formula is C13H11BrClFN2. The van der Waals surface area contributed by atoms with E-state index in [1.54, 1.807) is 12.1 Å². The molecule has 3 N–H and O–H groups in total. The van der Waals surface area contributed by atoms with E-state index in [0.717, 1.165) is 15.6 Å². The van der Waals surface area contributed by atoms with Crippen LogP contribution in [0.25, 0.3) is 0 Å². The lowest BCUT2D eigenvalue weighted by Crippen LogP contribution is -2.28. The molecule has 5 heteroatoms. The minimum Gasteiger partial charge on any atom is -0.271 e. The third-order valence-electron chi connectivity index (χ3n) is 2.63. The summed E-state index contributed by atoms with van der Waals surface area (Å²) in [6.07, 6.45) is 0. The highest BCUT2D eigenvalue weighted by atomic mass is 79.9. The van der Waals surface area contributed by atoms with Crippen LogP contribution in [0, 0.1) is 5.82 Å². The SMILES string of the molecule is NNC(c1cccc(F)c1)c1ccc(Br)c(Cl)c1. The summed E-state index contributed by atoms with van der Waals surface area (Å²) >= 11 is 9.37. The number of hydrogen-bond acceptors (Lipinski definition) is 2. The molecule has 0 radical (unpaired) electrons. The first-order valence-electron chi connectivity index (χ1n) is 5.28. The fraction of sp³-hybridized carbons (Fsp3) is 0.0769. The van der Waals surface area contributed by atoms with E-state index in [-0.39, 0.29) is 11.9 Å². The van der Waals surface area contributed by atoms with Crippen molar-refractivity contribution in [2.75, 3.05) is 0 Å². The molecule has 0 saturated heterocycles. The van der Waals surface area contributed by atoms with Gasteiger partial charge in [-0.15, -0.1) is 0 Å². The molecule has 0 aliphatic carbocycles. The van der Waals surface area contributed by atoms with Crippen molar-refractivity contribution in [2.45, 2.75) is 6.04 Å². The molecule has 2 rings (SSSR count). The molecular weight excluding hydrogens is 319 g/mol. The van der Waals surface area contributed by atoms with Gasteiger partial charge in [-0.05, 0) is 51.3 Å². The zero-order chi connectivity index (χ0) is 13.1. The van der Waals surface area contributed by atoms with Crippen LogP contribution < -0.4 is 11.3 Å². The molecule has 94 valence electrons. The molecule has 0 heterocycles. The maximum atomic E-state index is 13.2. The van der Waals surface area contributed by atoms with E-state index in [0.29, 0.717) is 5.02 Å². The van der Waals surface area contributed by atoms with Crippen molar-refractivity contribution in [2.24, 2.45) is 5.84 Å². The Kier molecular flexibility index (Phi) is 4.35. The van der Waals surface area contributed by atoms with Crippen LogP contribution in [0.1, 0.15) is 17.2 Å². The van der Waals surface area contributed by atoms with Gasteiger partial charge in [0.2, 0.25) is 0 Å². The summed E-state index contributed by atoms with van der Waals surface area (Å²) < 4.78 is 14.0. The van der Waals surface area contributed by atoms with Crippen LogP contribution in [0.2, 0.25) is 5.02 Å².